The molecule has 1 heterocycles. The fourth-order valence-electron chi connectivity index (χ4n) is 2.93. The largest absolute Gasteiger partial charge is 0.466 e. The van der Waals surface area contributed by atoms with Crippen molar-refractivity contribution in [2.45, 2.75) is 104 Å². The molecule has 2 atom stereocenters. The van der Waals surface area contributed by atoms with E-state index in [0.29, 0.717) is 6.42 Å². The summed E-state index contributed by atoms with van der Waals surface area (Å²) in [5, 5.41) is 0.0681. The van der Waals surface area contributed by atoms with Gasteiger partial charge in [-0.3, -0.25) is 0 Å². The van der Waals surface area contributed by atoms with Crippen molar-refractivity contribution < 1.29 is 23.4 Å². The molecule has 0 N–H and O–H groups in total. The number of ether oxygens (including phenoxy) is 3. The first kappa shape index (κ1) is 23.3. The number of rotatable bonds is 6. The Morgan fingerprint density at radius 2 is 1.77 bits per heavy atom. The van der Waals surface area contributed by atoms with E-state index in [4.69, 9.17) is 18.6 Å². The van der Waals surface area contributed by atoms with Crippen LogP contribution in [0.15, 0.2) is 11.6 Å². The van der Waals surface area contributed by atoms with Crippen molar-refractivity contribution in [3.8, 4) is 0 Å². The van der Waals surface area contributed by atoms with E-state index in [9.17, 15) is 4.79 Å². The normalized spacial score (nSPS) is 24.4. The first-order chi connectivity index (χ1) is 11.5. The topological polar surface area (TPSA) is 54.0 Å². The monoisotopic (exact) mass is 386 g/mol. The van der Waals surface area contributed by atoms with Gasteiger partial charge in [0.2, 0.25) is 0 Å². The number of carbonyl (C=O) groups is 1. The van der Waals surface area contributed by atoms with Crippen LogP contribution in [0.5, 0.6) is 0 Å². The fourth-order valence-corrected chi connectivity index (χ4v) is 4.28. The van der Waals surface area contributed by atoms with Gasteiger partial charge < -0.3 is 18.6 Å². The van der Waals surface area contributed by atoms with Crippen molar-refractivity contribution in [1.82, 2.24) is 0 Å². The molecule has 1 aliphatic heterocycles. The Balaban J connectivity index is 3.13. The van der Waals surface area contributed by atoms with E-state index in [-0.39, 0.29) is 23.2 Å². The lowest BCUT2D eigenvalue weighted by Gasteiger charge is -2.40. The standard InChI is InChI=1S/C20H38O5Si/c1-14(12-17(21)22-9)15(24-26(10,11)18(2,3)4)13-16-19(5,6)25-20(7,8)23-16/h12,15-16H,13H2,1-11H3/b14-12+/t15-,16+/m0/s1. The van der Waals surface area contributed by atoms with E-state index in [1.165, 1.54) is 13.2 Å². The van der Waals surface area contributed by atoms with Crippen LogP contribution in [0.2, 0.25) is 18.1 Å². The van der Waals surface area contributed by atoms with Crippen LogP contribution in [0, 0.1) is 0 Å². The van der Waals surface area contributed by atoms with Crippen molar-refractivity contribution in [3.05, 3.63) is 11.6 Å². The van der Waals surface area contributed by atoms with E-state index >= 15 is 0 Å². The first-order valence-electron chi connectivity index (χ1n) is 9.33. The molecule has 1 saturated heterocycles. The van der Waals surface area contributed by atoms with Gasteiger partial charge in [0, 0.05) is 12.5 Å². The summed E-state index contributed by atoms with van der Waals surface area (Å²) in [5.41, 5.74) is 0.426. The van der Waals surface area contributed by atoms with Gasteiger partial charge in [-0.2, -0.15) is 0 Å². The van der Waals surface area contributed by atoms with Crippen LogP contribution < -0.4 is 0 Å². The Kier molecular flexibility index (Phi) is 6.95. The van der Waals surface area contributed by atoms with Gasteiger partial charge in [0.15, 0.2) is 14.1 Å². The lowest BCUT2D eigenvalue weighted by Crippen LogP contribution is -2.46. The van der Waals surface area contributed by atoms with Crippen molar-refractivity contribution in [1.29, 1.82) is 0 Å². The Bertz CT molecular complexity index is 543. The van der Waals surface area contributed by atoms with E-state index < -0.39 is 19.7 Å². The summed E-state index contributed by atoms with van der Waals surface area (Å²) < 4.78 is 23.7. The van der Waals surface area contributed by atoms with Crippen LogP contribution >= 0.6 is 0 Å². The fraction of sp³-hybridized carbons (Fsp3) is 0.850. The molecule has 0 aromatic heterocycles. The lowest BCUT2D eigenvalue weighted by atomic mass is 9.94. The predicted molar refractivity (Wildman–Crippen MR) is 107 cm³/mol. The van der Waals surface area contributed by atoms with E-state index in [1.807, 2.05) is 34.6 Å². The third kappa shape index (κ3) is 5.91. The molecule has 0 radical (unpaired) electrons. The van der Waals surface area contributed by atoms with Gasteiger partial charge in [-0.05, 0) is 58.3 Å². The zero-order valence-corrected chi connectivity index (χ0v) is 19.5. The molecule has 0 amide bonds. The summed E-state index contributed by atoms with van der Waals surface area (Å²) in [7, 11) is -0.651. The number of hydrogen-bond acceptors (Lipinski definition) is 5. The molecular formula is C20H38O5Si. The number of esters is 1. The summed E-state index contributed by atoms with van der Waals surface area (Å²) in [6.45, 7) is 20.9. The number of carbonyl (C=O) groups excluding carboxylic acids is 1. The zero-order valence-electron chi connectivity index (χ0n) is 18.5. The highest BCUT2D eigenvalue weighted by atomic mass is 28.4. The average Bonchev–Trinajstić information content (AvgIpc) is 2.63. The van der Waals surface area contributed by atoms with E-state index in [0.717, 1.165) is 5.57 Å². The van der Waals surface area contributed by atoms with Crippen molar-refractivity contribution in [3.63, 3.8) is 0 Å². The molecular weight excluding hydrogens is 348 g/mol. The first-order valence-corrected chi connectivity index (χ1v) is 12.2. The Morgan fingerprint density at radius 3 is 2.15 bits per heavy atom. The second kappa shape index (κ2) is 7.74. The highest BCUT2D eigenvalue weighted by molar-refractivity contribution is 6.74. The Morgan fingerprint density at radius 1 is 1.23 bits per heavy atom. The SMILES string of the molecule is COC(=O)/C=C(\C)[C@H](C[C@H]1OC(C)(C)OC1(C)C)O[Si](C)(C)C(C)(C)C. The molecule has 1 rings (SSSR count). The highest BCUT2D eigenvalue weighted by Crippen LogP contribution is 2.42. The van der Waals surface area contributed by atoms with Crippen LogP contribution in [0.4, 0.5) is 0 Å². The maximum absolute atomic E-state index is 11.8. The molecule has 0 aromatic rings. The van der Waals surface area contributed by atoms with Crippen LogP contribution in [0.3, 0.4) is 0 Å². The minimum Gasteiger partial charge on any atom is -0.466 e. The van der Waals surface area contributed by atoms with E-state index in [2.05, 4.69) is 33.9 Å². The molecule has 152 valence electrons. The average molecular weight is 387 g/mol. The van der Waals surface area contributed by atoms with Crippen molar-refractivity contribution >= 4 is 14.3 Å². The maximum Gasteiger partial charge on any atom is 0.330 e. The molecule has 0 saturated carbocycles. The molecule has 5 nitrogen and oxygen atoms in total. The summed E-state index contributed by atoms with van der Waals surface area (Å²) in [6, 6.07) is 0. The molecule has 26 heavy (non-hydrogen) atoms. The van der Waals surface area contributed by atoms with Crippen molar-refractivity contribution in [2.24, 2.45) is 0 Å². The predicted octanol–water partition coefficient (Wildman–Crippen LogP) is 4.82. The molecule has 0 unspecified atom stereocenters. The molecule has 0 aromatic carbocycles. The molecule has 0 bridgehead atoms. The van der Waals surface area contributed by atoms with Gasteiger partial charge in [0.1, 0.15) is 0 Å². The quantitative estimate of drug-likeness (QED) is 0.372. The van der Waals surface area contributed by atoms with Gasteiger partial charge in [-0.25, -0.2) is 4.79 Å². The summed E-state index contributed by atoms with van der Waals surface area (Å²) in [5.74, 6) is -0.995. The van der Waals surface area contributed by atoms with Gasteiger partial charge in [0.25, 0.3) is 0 Å². The maximum atomic E-state index is 11.8. The van der Waals surface area contributed by atoms with Crippen LogP contribution in [0.1, 0.15) is 61.8 Å². The van der Waals surface area contributed by atoms with Gasteiger partial charge in [-0.15, -0.1) is 0 Å². The van der Waals surface area contributed by atoms with Crippen LogP contribution in [-0.4, -0.2) is 45.0 Å². The third-order valence-corrected chi connectivity index (χ3v) is 9.92. The van der Waals surface area contributed by atoms with Crippen molar-refractivity contribution in [2.75, 3.05) is 7.11 Å². The molecule has 0 spiro atoms. The second-order valence-electron chi connectivity index (χ2n) is 9.73. The van der Waals surface area contributed by atoms with E-state index in [1.54, 1.807) is 0 Å². The number of hydrogen-bond donors (Lipinski definition) is 0. The smallest absolute Gasteiger partial charge is 0.330 e. The Hall–Kier alpha value is -0.693. The van der Waals surface area contributed by atoms with Crippen LogP contribution in [0.25, 0.3) is 0 Å². The molecule has 1 fully saturated rings. The van der Waals surface area contributed by atoms with Gasteiger partial charge in [-0.1, -0.05) is 20.8 Å². The summed E-state index contributed by atoms with van der Waals surface area (Å²) in [4.78, 5) is 11.8. The molecule has 1 aliphatic rings. The number of methoxy groups -OCH3 is 1. The second-order valence-corrected chi connectivity index (χ2v) is 14.5. The minimum absolute atomic E-state index is 0.0681. The van der Waals surface area contributed by atoms with Crippen LogP contribution in [-0.2, 0) is 23.4 Å². The summed E-state index contributed by atoms with van der Waals surface area (Å²) in [6.07, 6.45) is 1.79. The zero-order chi connectivity index (χ0) is 20.6. The third-order valence-electron chi connectivity index (χ3n) is 5.44. The summed E-state index contributed by atoms with van der Waals surface area (Å²) >= 11 is 0. The highest BCUT2D eigenvalue weighted by Gasteiger charge is 2.49. The molecule has 0 aliphatic carbocycles. The lowest BCUT2D eigenvalue weighted by molar-refractivity contribution is -0.158. The van der Waals surface area contributed by atoms with Gasteiger partial charge in [0.05, 0.1) is 24.9 Å². The Labute approximate surface area is 160 Å². The van der Waals surface area contributed by atoms with Gasteiger partial charge >= 0.3 is 5.97 Å². The minimum atomic E-state index is -2.04. The molecule has 6 heteroatoms.